The molecule has 0 saturated heterocycles. The summed E-state index contributed by atoms with van der Waals surface area (Å²) in [7, 11) is 0. The SMILES string of the molecule is CCN(CC)CCSC#N. The largest absolute Gasteiger partial charge is 0.303 e. The fourth-order valence-corrected chi connectivity index (χ4v) is 1.20. The first-order valence-electron chi connectivity index (χ1n) is 3.58. The normalized spacial score (nSPS) is 9.80. The van der Waals surface area contributed by atoms with Crippen LogP contribution in [0.25, 0.3) is 0 Å². The third-order valence-corrected chi connectivity index (χ3v) is 1.98. The van der Waals surface area contributed by atoms with Gasteiger partial charge in [0.05, 0.1) is 0 Å². The standard InChI is InChI=1S/C7H14N2S/c1-3-9(4-2)5-6-10-7-8/h3-6H2,1-2H3. The highest BCUT2D eigenvalue weighted by Crippen LogP contribution is 1.96. The van der Waals surface area contributed by atoms with E-state index in [0.29, 0.717) is 0 Å². The highest BCUT2D eigenvalue weighted by atomic mass is 32.2. The molecule has 0 bridgehead atoms. The van der Waals surface area contributed by atoms with Crippen molar-refractivity contribution >= 4 is 11.8 Å². The van der Waals surface area contributed by atoms with E-state index >= 15 is 0 Å². The van der Waals surface area contributed by atoms with Gasteiger partial charge in [-0.05, 0) is 24.9 Å². The number of thiocyanates is 1. The van der Waals surface area contributed by atoms with Gasteiger partial charge in [0.1, 0.15) is 5.40 Å². The molecule has 0 spiro atoms. The van der Waals surface area contributed by atoms with Crippen LogP contribution in [0.1, 0.15) is 13.8 Å². The molecular weight excluding hydrogens is 144 g/mol. The molecule has 0 saturated carbocycles. The second kappa shape index (κ2) is 6.91. The summed E-state index contributed by atoms with van der Waals surface area (Å²) in [6, 6.07) is 0. The van der Waals surface area contributed by atoms with Crippen molar-refractivity contribution in [3.63, 3.8) is 0 Å². The molecule has 0 aromatic carbocycles. The third-order valence-electron chi connectivity index (χ3n) is 1.47. The van der Waals surface area contributed by atoms with Crippen molar-refractivity contribution < 1.29 is 0 Å². The summed E-state index contributed by atoms with van der Waals surface area (Å²) >= 11 is 1.33. The van der Waals surface area contributed by atoms with Gasteiger partial charge >= 0.3 is 0 Å². The number of thioether (sulfide) groups is 1. The van der Waals surface area contributed by atoms with Gasteiger partial charge in [0, 0.05) is 12.3 Å². The lowest BCUT2D eigenvalue weighted by Crippen LogP contribution is -2.25. The summed E-state index contributed by atoms with van der Waals surface area (Å²) in [5.74, 6) is 0.929. The van der Waals surface area contributed by atoms with E-state index in [0.717, 1.165) is 25.4 Å². The average Bonchev–Trinajstić information content (AvgIpc) is 1.99. The van der Waals surface area contributed by atoms with E-state index in [4.69, 9.17) is 5.26 Å². The predicted molar refractivity (Wildman–Crippen MR) is 45.9 cm³/mol. The van der Waals surface area contributed by atoms with Crippen molar-refractivity contribution in [3.8, 4) is 5.40 Å². The van der Waals surface area contributed by atoms with E-state index in [1.165, 1.54) is 11.8 Å². The molecule has 0 amide bonds. The van der Waals surface area contributed by atoms with Gasteiger partial charge in [-0.15, -0.1) is 0 Å². The average molecular weight is 158 g/mol. The fourth-order valence-electron chi connectivity index (χ4n) is 0.760. The van der Waals surface area contributed by atoms with Gasteiger partial charge in [0.15, 0.2) is 0 Å². The molecule has 10 heavy (non-hydrogen) atoms. The quantitative estimate of drug-likeness (QED) is 0.448. The summed E-state index contributed by atoms with van der Waals surface area (Å²) in [6.45, 7) is 7.48. The van der Waals surface area contributed by atoms with Crippen molar-refractivity contribution in [1.82, 2.24) is 4.90 Å². The van der Waals surface area contributed by atoms with Crippen molar-refractivity contribution in [2.45, 2.75) is 13.8 Å². The molecule has 0 aliphatic rings. The lowest BCUT2D eigenvalue weighted by Gasteiger charge is -2.15. The van der Waals surface area contributed by atoms with Gasteiger partial charge in [-0.25, -0.2) is 0 Å². The molecule has 0 aromatic heterocycles. The predicted octanol–water partition coefficient (Wildman–Crippen LogP) is 1.54. The summed E-state index contributed by atoms with van der Waals surface area (Å²) < 4.78 is 0. The van der Waals surface area contributed by atoms with E-state index in [1.54, 1.807) is 0 Å². The Morgan fingerprint density at radius 2 is 2.00 bits per heavy atom. The lowest BCUT2D eigenvalue weighted by molar-refractivity contribution is 0.324. The third kappa shape index (κ3) is 4.66. The van der Waals surface area contributed by atoms with Crippen LogP contribution in [0.5, 0.6) is 0 Å². The van der Waals surface area contributed by atoms with Crippen LogP contribution in [0.15, 0.2) is 0 Å². The minimum absolute atomic E-state index is 0.929. The van der Waals surface area contributed by atoms with Crippen LogP contribution in [0, 0.1) is 10.7 Å². The number of nitriles is 1. The zero-order valence-corrected chi connectivity index (χ0v) is 7.45. The van der Waals surface area contributed by atoms with E-state index in [9.17, 15) is 0 Å². The first kappa shape index (κ1) is 9.80. The zero-order chi connectivity index (χ0) is 7.82. The summed E-state index contributed by atoms with van der Waals surface area (Å²) in [4.78, 5) is 2.31. The first-order valence-corrected chi connectivity index (χ1v) is 4.56. The van der Waals surface area contributed by atoms with E-state index in [2.05, 4.69) is 24.1 Å². The Labute approximate surface area is 67.2 Å². The second-order valence-electron chi connectivity index (χ2n) is 1.97. The van der Waals surface area contributed by atoms with E-state index in [-0.39, 0.29) is 0 Å². The molecule has 2 nitrogen and oxygen atoms in total. The minimum atomic E-state index is 0.929. The summed E-state index contributed by atoms with van der Waals surface area (Å²) in [5, 5.41) is 10.3. The van der Waals surface area contributed by atoms with Gasteiger partial charge in [-0.3, -0.25) is 0 Å². The van der Waals surface area contributed by atoms with Gasteiger partial charge in [0.2, 0.25) is 0 Å². The van der Waals surface area contributed by atoms with Crippen LogP contribution in [0.2, 0.25) is 0 Å². The molecule has 0 heterocycles. The summed E-state index contributed by atoms with van der Waals surface area (Å²) in [6.07, 6.45) is 0. The van der Waals surface area contributed by atoms with Crippen molar-refractivity contribution in [1.29, 1.82) is 5.26 Å². The number of rotatable bonds is 5. The topological polar surface area (TPSA) is 27.0 Å². The number of hydrogen-bond donors (Lipinski definition) is 0. The molecule has 0 rings (SSSR count). The molecule has 0 radical (unpaired) electrons. The van der Waals surface area contributed by atoms with Crippen LogP contribution in [-0.2, 0) is 0 Å². The zero-order valence-electron chi connectivity index (χ0n) is 6.63. The van der Waals surface area contributed by atoms with Gasteiger partial charge in [0.25, 0.3) is 0 Å². The Balaban J connectivity index is 3.19. The van der Waals surface area contributed by atoms with Gasteiger partial charge in [-0.1, -0.05) is 13.8 Å². The number of hydrogen-bond acceptors (Lipinski definition) is 3. The van der Waals surface area contributed by atoms with Crippen molar-refractivity contribution in [2.24, 2.45) is 0 Å². The number of nitrogens with zero attached hydrogens (tertiary/aromatic N) is 2. The van der Waals surface area contributed by atoms with Crippen molar-refractivity contribution in [3.05, 3.63) is 0 Å². The molecule has 0 N–H and O–H groups in total. The van der Waals surface area contributed by atoms with Crippen LogP contribution >= 0.6 is 11.8 Å². The maximum Gasteiger partial charge on any atom is 0.133 e. The first-order chi connectivity index (χ1) is 4.85. The van der Waals surface area contributed by atoms with E-state index < -0.39 is 0 Å². The van der Waals surface area contributed by atoms with Gasteiger partial charge in [-0.2, -0.15) is 5.26 Å². The molecule has 58 valence electrons. The highest BCUT2D eigenvalue weighted by Gasteiger charge is 1.96. The smallest absolute Gasteiger partial charge is 0.133 e. The molecule has 3 heteroatoms. The molecule has 0 aromatic rings. The maximum absolute atomic E-state index is 8.22. The Hall–Kier alpha value is -0.200. The van der Waals surface area contributed by atoms with E-state index in [1.807, 2.05) is 0 Å². The monoisotopic (exact) mass is 158 g/mol. The minimum Gasteiger partial charge on any atom is -0.303 e. The molecular formula is C7H14N2S. The van der Waals surface area contributed by atoms with Crippen LogP contribution in [0.4, 0.5) is 0 Å². The molecule has 0 atom stereocenters. The van der Waals surface area contributed by atoms with Crippen molar-refractivity contribution in [2.75, 3.05) is 25.4 Å². The molecule has 0 aliphatic carbocycles. The Morgan fingerprint density at radius 3 is 2.40 bits per heavy atom. The van der Waals surface area contributed by atoms with Crippen LogP contribution in [-0.4, -0.2) is 30.3 Å². The van der Waals surface area contributed by atoms with Crippen LogP contribution in [0.3, 0.4) is 0 Å². The molecule has 0 fully saturated rings. The van der Waals surface area contributed by atoms with Crippen LogP contribution < -0.4 is 0 Å². The Kier molecular flexibility index (Phi) is 6.78. The summed E-state index contributed by atoms with van der Waals surface area (Å²) in [5.41, 5.74) is 0. The lowest BCUT2D eigenvalue weighted by atomic mass is 10.5. The molecule has 0 aliphatic heterocycles. The maximum atomic E-state index is 8.22. The highest BCUT2D eigenvalue weighted by molar-refractivity contribution is 8.03. The van der Waals surface area contributed by atoms with Gasteiger partial charge < -0.3 is 4.90 Å². The second-order valence-corrected chi connectivity index (χ2v) is 2.85. The molecule has 0 unspecified atom stereocenters. The Morgan fingerprint density at radius 1 is 1.40 bits per heavy atom. The Bertz CT molecular complexity index is 105. The fraction of sp³-hybridized carbons (Fsp3) is 0.857.